The predicted octanol–water partition coefficient (Wildman–Crippen LogP) is 4.22. The van der Waals surface area contributed by atoms with Gasteiger partial charge in [-0.1, -0.05) is 12.1 Å². The van der Waals surface area contributed by atoms with Gasteiger partial charge < -0.3 is 14.2 Å². The topological polar surface area (TPSA) is 106 Å². The number of nitrogens with one attached hydrogen (secondary N) is 2. The summed E-state index contributed by atoms with van der Waals surface area (Å²) in [5.74, 6) is 1.98. The minimum atomic E-state index is -0.850. The summed E-state index contributed by atoms with van der Waals surface area (Å²) in [6.45, 7) is 0. The van der Waals surface area contributed by atoms with Crippen molar-refractivity contribution < 1.29 is 28.6 Å². The summed E-state index contributed by atoms with van der Waals surface area (Å²) in [7, 11) is 0. The van der Waals surface area contributed by atoms with E-state index in [2.05, 4.69) is 10.6 Å². The Morgan fingerprint density at radius 3 is 1.59 bits per heavy atom. The molecule has 3 aromatic carbocycles. The molecular weight excluding hydrogens is 414 g/mol. The number of nitrogens with zero attached hydrogens (tertiary/aromatic N) is 1. The van der Waals surface area contributed by atoms with Crippen LogP contribution in [0.15, 0.2) is 54.1 Å². The summed E-state index contributed by atoms with van der Waals surface area (Å²) in [6.07, 6.45) is 1.39. The Kier molecular flexibility index (Phi) is 3.00. The van der Waals surface area contributed by atoms with Gasteiger partial charge in [-0.2, -0.15) is 0 Å². The maximum Gasteiger partial charge on any atom is 0.328 e. The molecule has 4 heterocycles. The first-order valence-corrected chi connectivity index (χ1v) is 9.73. The number of urea groups is 1. The highest BCUT2D eigenvalue weighted by Gasteiger charge is 2.41. The van der Waals surface area contributed by atoms with Crippen LogP contribution in [-0.4, -0.2) is 17.8 Å². The molecule has 3 aromatic rings. The highest BCUT2D eigenvalue weighted by Crippen LogP contribution is 2.66. The molecular formula is C23H11N3O6. The van der Waals surface area contributed by atoms with Gasteiger partial charge in [0, 0.05) is 0 Å². The first-order valence-electron chi connectivity index (χ1n) is 9.73. The molecule has 9 heteroatoms. The van der Waals surface area contributed by atoms with Crippen LogP contribution in [0.2, 0.25) is 0 Å². The minimum absolute atomic E-state index is 0.194. The zero-order valence-corrected chi connectivity index (χ0v) is 16.1. The molecule has 0 aliphatic carbocycles. The fourth-order valence-electron chi connectivity index (χ4n) is 4.30. The average Bonchev–Trinajstić information content (AvgIpc) is 2.76. The van der Waals surface area contributed by atoms with Crippen LogP contribution in [0.3, 0.4) is 0 Å². The quantitative estimate of drug-likeness (QED) is 0.300. The number of carbonyl (C=O) groups excluding carboxylic acids is 3. The molecule has 9 nitrogen and oxygen atoms in total. The Hall–Kier alpha value is -4.79. The molecule has 0 bridgehead atoms. The van der Waals surface area contributed by atoms with Crippen molar-refractivity contribution in [2.45, 2.75) is 0 Å². The van der Waals surface area contributed by atoms with Gasteiger partial charge in [-0.05, 0) is 48.0 Å². The van der Waals surface area contributed by atoms with Crippen molar-refractivity contribution in [3.05, 3.63) is 59.7 Å². The van der Waals surface area contributed by atoms with Gasteiger partial charge in [0.05, 0.1) is 0 Å². The van der Waals surface area contributed by atoms with E-state index in [1.807, 2.05) is 41.3 Å². The van der Waals surface area contributed by atoms with Crippen molar-refractivity contribution in [1.29, 1.82) is 0 Å². The van der Waals surface area contributed by atoms with E-state index in [4.69, 9.17) is 14.2 Å². The second-order valence-electron chi connectivity index (χ2n) is 7.51. The highest BCUT2D eigenvalue weighted by molar-refractivity contribution is 6.31. The number of anilines is 3. The van der Waals surface area contributed by atoms with E-state index in [0.717, 1.165) is 11.4 Å². The van der Waals surface area contributed by atoms with E-state index in [9.17, 15) is 14.4 Å². The Balaban J connectivity index is 1.44. The lowest BCUT2D eigenvalue weighted by atomic mass is 10.0. The monoisotopic (exact) mass is 425 g/mol. The van der Waals surface area contributed by atoms with Crippen LogP contribution in [0, 0.1) is 0 Å². The maximum atomic E-state index is 12.2. The Labute approximate surface area is 179 Å². The number of hydrogen-bond acceptors (Lipinski definition) is 7. The van der Waals surface area contributed by atoms with Crippen LogP contribution in [0.4, 0.5) is 21.9 Å². The predicted molar refractivity (Wildman–Crippen MR) is 111 cm³/mol. The molecule has 32 heavy (non-hydrogen) atoms. The summed E-state index contributed by atoms with van der Waals surface area (Å²) in [6, 6.07) is 13.7. The molecule has 0 atom stereocenters. The van der Waals surface area contributed by atoms with E-state index in [-0.39, 0.29) is 5.57 Å². The zero-order chi connectivity index (χ0) is 21.6. The molecule has 4 aliphatic rings. The van der Waals surface area contributed by atoms with Crippen LogP contribution in [-0.2, 0) is 9.59 Å². The fraction of sp³-hybridized carbons (Fsp3) is 0. The number of hydrogen-bond donors (Lipinski definition) is 2. The number of carbonyl (C=O) groups is 3. The van der Waals surface area contributed by atoms with Gasteiger partial charge in [0.2, 0.25) is 0 Å². The van der Waals surface area contributed by atoms with Crippen LogP contribution in [0.25, 0.3) is 6.08 Å². The second kappa shape index (κ2) is 5.67. The molecule has 7 rings (SSSR count). The SMILES string of the molecule is O=C1NC(=O)C(=Cc2cc3c4c(c2)Oc2cccc5c2N4c2c(cccc2O3)O5)C(=O)N1. The molecule has 4 amide bonds. The van der Waals surface area contributed by atoms with Gasteiger partial charge in [0.1, 0.15) is 22.6 Å². The van der Waals surface area contributed by atoms with Crippen molar-refractivity contribution in [3.8, 4) is 34.5 Å². The number of rotatable bonds is 1. The van der Waals surface area contributed by atoms with E-state index in [0.29, 0.717) is 45.7 Å². The van der Waals surface area contributed by atoms with Crippen molar-refractivity contribution >= 4 is 41.0 Å². The van der Waals surface area contributed by atoms with Crippen LogP contribution in [0.5, 0.6) is 34.5 Å². The van der Waals surface area contributed by atoms with Gasteiger partial charge in [0.25, 0.3) is 11.8 Å². The molecule has 2 N–H and O–H groups in total. The first-order chi connectivity index (χ1) is 15.6. The summed E-state index contributed by atoms with van der Waals surface area (Å²) >= 11 is 0. The van der Waals surface area contributed by atoms with E-state index in [1.54, 1.807) is 12.1 Å². The summed E-state index contributed by atoms with van der Waals surface area (Å²) in [5.41, 5.74) is 2.56. The minimum Gasteiger partial charge on any atom is -0.453 e. The van der Waals surface area contributed by atoms with Crippen LogP contribution >= 0.6 is 0 Å². The van der Waals surface area contributed by atoms with Crippen molar-refractivity contribution in [2.75, 3.05) is 4.90 Å². The standard InChI is InChI=1S/C23H11N3O6/c27-21-11(22(28)25-23(29)24-21)7-10-8-16-20-17(9-10)32-15-6-2-4-13-19(15)26(20)18-12(30-13)3-1-5-14(18)31-16/h1-9H,(H2,24,25,27,28,29). The van der Waals surface area contributed by atoms with Gasteiger partial charge >= 0.3 is 6.03 Å². The molecule has 0 spiro atoms. The molecule has 1 fully saturated rings. The Bertz CT molecular complexity index is 1380. The van der Waals surface area contributed by atoms with Gasteiger partial charge in [-0.15, -0.1) is 0 Å². The maximum absolute atomic E-state index is 12.2. The second-order valence-corrected chi connectivity index (χ2v) is 7.51. The summed E-state index contributed by atoms with van der Waals surface area (Å²) < 4.78 is 18.4. The normalized spacial score (nSPS) is 16.2. The van der Waals surface area contributed by atoms with E-state index in [1.165, 1.54) is 6.08 Å². The third kappa shape index (κ3) is 2.13. The number of amides is 4. The Morgan fingerprint density at radius 2 is 1.09 bits per heavy atom. The lowest BCUT2D eigenvalue weighted by molar-refractivity contribution is -0.123. The lowest BCUT2D eigenvalue weighted by Crippen LogP contribution is -2.51. The lowest BCUT2D eigenvalue weighted by Gasteiger charge is -2.41. The summed E-state index contributed by atoms with van der Waals surface area (Å²) in [4.78, 5) is 37.7. The van der Waals surface area contributed by atoms with E-state index < -0.39 is 17.8 Å². The molecule has 154 valence electrons. The number of imide groups is 2. The number of para-hydroxylation sites is 2. The Morgan fingerprint density at radius 1 is 0.656 bits per heavy atom. The van der Waals surface area contributed by atoms with Gasteiger partial charge in [-0.3, -0.25) is 25.1 Å². The molecule has 0 aromatic heterocycles. The smallest absolute Gasteiger partial charge is 0.328 e. The van der Waals surface area contributed by atoms with Gasteiger partial charge in [0.15, 0.2) is 34.5 Å². The molecule has 4 aliphatic heterocycles. The van der Waals surface area contributed by atoms with E-state index >= 15 is 0 Å². The third-order valence-electron chi connectivity index (χ3n) is 5.57. The number of ether oxygens (including phenoxy) is 3. The zero-order valence-electron chi connectivity index (χ0n) is 16.1. The van der Waals surface area contributed by atoms with Crippen molar-refractivity contribution in [1.82, 2.24) is 10.6 Å². The largest absolute Gasteiger partial charge is 0.453 e. The third-order valence-corrected chi connectivity index (χ3v) is 5.57. The number of barbiturate groups is 1. The molecule has 0 saturated carbocycles. The average molecular weight is 425 g/mol. The molecule has 0 radical (unpaired) electrons. The number of benzene rings is 3. The molecule has 1 saturated heterocycles. The fourth-order valence-corrected chi connectivity index (χ4v) is 4.30. The first kappa shape index (κ1) is 16.9. The molecule has 0 unspecified atom stereocenters. The van der Waals surface area contributed by atoms with Crippen molar-refractivity contribution in [2.24, 2.45) is 0 Å². The van der Waals surface area contributed by atoms with Crippen LogP contribution in [0.1, 0.15) is 5.56 Å². The van der Waals surface area contributed by atoms with Gasteiger partial charge in [-0.25, -0.2) is 4.79 Å². The van der Waals surface area contributed by atoms with Crippen LogP contribution < -0.4 is 29.7 Å². The van der Waals surface area contributed by atoms with Crippen molar-refractivity contribution in [3.63, 3.8) is 0 Å². The highest BCUT2D eigenvalue weighted by atomic mass is 16.5. The summed E-state index contributed by atoms with van der Waals surface area (Å²) in [5, 5.41) is 4.13.